The number of amides is 1. The van der Waals surface area contributed by atoms with Gasteiger partial charge in [-0.15, -0.1) is 0 Å². The summed E-state index contributed by atoms with van der Waals surface area (Å²) in [5, 5.41) is 9.75. The van der Waals surface area contributed by atoms with Gasteiger partial charge in [0, 0.05) is 6.54 Å². The molecule has 0 aromatic carbocycles. The number of fused-ring (bicyclic) bond motifs is 1. The Morgan fingerprint density at radius 3 is 2.76 bits per heavy atom. The minimum absolute atomic E-state index is 0.0337. The number of aliphatic hydroxyl groups is 1. The highest BCUT2D eigenvalue weighted by Crippen LogP contribution is 2.31. The van der Waals surface area contributed by atoms with E-state index < -0.39 is 11.7 Å². The van der Waals surface area contributed by atoms with Crippen molar-refractivity contribution in [3.8, 4) is 0 Å². The molecule has 5 nitrogen and oxygen atoms in total. The predicted octanol–water partition coefficient (Wildman–Crippen LogP) is 1.15. The van der Waals surface area contributed by atoms with E-state index in [1.807, 2.05) is 20.8 Å². The summed E-state index contributed by atoms with van der Waals surface area (Å²) in [4.78, 5) is 13.7. The minimum atomic E-state index is -0.484. The lowest BCUT2D eigenvalue weighted by molar-refractivity contribution is -0.0953. The zero-order valence-corrected chi connectivity index (χ0v) is 10.7. The van der Waals surface area contributed by atoms with Gasteiger partial charge in [0.2, 0.25) is 0 Å². The zero-order chi connectivity index (χ0) is 12.6. The van der Waals surface area contributed by atoms with Crippen LogP contribution in [0.2, 0.25) is 0 Å². The lowest BCUT2D eigenvalue weighted by Crippen LogP contribution is -2.54. The molecule has 0 unspecified atom stereocenters. The molecule has 2 rings (SSSR count). The summed E-state index contributed by atoms with van der Waals surface area (Å²) in [5.41, 5.74) is -0.484. The average Bonchev–Trinajstić information content (AvgIpc) is 2.58. The molecule has 0 bridgehead atoms. The Bertz CT molecular complexity index is 299. The number of aliphatic hydroxyl groups excluding tert-OH is 1. The number of hydrogen-bond donors (Lipinski definition) is 1. The van der Waals surface area contributed by atoms with Gasteiger partial charge in [-0.25, -0.2) is 4.79 Å². The van der Waals surface area contributed by atoms with Gasteiger partial charge in [0.25, 0.3) is 0 Å². The monoisotopic (exact) mass is 243 g/mol. The van der Waals surface area contributed by atoms with Crippen LogP contribution >= 0.6 is 0 Å². The Hall–Kier alpha value is -0.810. The van der Waals surface area contributed by atoms with Crippen LogP contribution in [0.5, 0.6) is 0 Å². The third-order valence-electron chi connectivity index (χ3n) is 3.19. The number of ether oxygens (including phenoxy) is 2. The van der Waals surface area contributed by atoms with Crippen LogP contribution in [0.4, 0.5) is 4.79 Å². The van der Waals surface area contributed by atoms with Gasteiger partial charge in [-0.3, -0.25) is 0 Å². The van der Waals surface area contributed by atoms with Crippen molar-refractivity contribution in [2.75, 3.05) is 13.2 Å². The van der Waals surface area contributed by atoms with Crippen LogP contribution in [-0.2, 0) is 9.47 Å². The SMILES string of the molecule is CC(C)(C)OC(=O)N1CCO[C@H]2[C@H](O)CC[C@H]21. The maximum Gasteiger partial charge on any atom is 0.410 e. The van der Waals surface area contributed by atoms with E-state index in [2.05, 4.69) is 0 Å². The molecule has 1 saturated heterocycles. The molecule has 1 saturated carbocycles. The molecular weight excluding hydrogens is 222 g/mol. The lowest BCUT2D eigenvalue weighted by Gasteiger charge is -2.38. The molecule has 2 fully saturated rings. The fraction of sp³-hybridized carbons (Fsp3) is 0.917. The summed E-state index contributed by atoms with van der Waals surface area (Å²) < 4.78 is 10.9. The number of morpholine rings is 1. The minimum Gasteiger partial charge on any atom is -0.444 e. The number of carbonyl (C=O) groups excluding carboxylic acids is 1. The van der Waals surface area contributed by atoms with Crippen LogP contribution in [0.25, 0.3) is 0 Å². The summed E-state index contributed by atoms with van der Waals surface area (Å²) in [5.74, 6) is 0. The maximum absolute atomic E-state index is 12.0. The first-order valence-corrected chi connectivity index (χ1v) is 6.18. The smallest absolute Gasteiger partial charge is 0.410 e. The van der Waals surface area contributed by atoms with Crippen molar-refractivity contribution < 1.29 is 19.4 Å². The predicted molar refractivity (Wildman–Crippen MR) is 61.7 cm³/mol. The van der Waals surface area contributed by atoms with Gasteiger partial charge in [-0.2, -0.15) is 0 Å². The van der Waals surface area contributed by atoms with E-state index in [4.69, 9.17) is 9.47 Å². The van der Waals surface area contributed by atoms with Crippen LogP contribution in [-0.4, -0.2) is 53.1 Å². The van der Waals surface area contributed by atoms with E-state index >= 15 is 0 Å². The number of carbonyl (C=O) groups is 1. The number of hydrogen-bond acceptors (Lipinski definition) is 4. The Kier molecular flexibility index (Phi) is 3.32. The zero-order valence-electron chi connectivity index (χ0n) is 10.7. The fourth-order valence-electron chi connectivity index (χ4n) is 2.48. The third kappa shape index (κ3) is 2.72. The Morgan fingerprint density at radius 1 is 1.41 bits per heavy atom. The van der Waals surface area contributed by atoms with Crippen LogP contribution in [0.3, 0.4) is 0 Å². The maximum atomic E-state index is 12.0. The first-order valence-electron chi connectivity index (χ1n) is 6.18. The van der Waals surface area contributed by atoms with Crippen LogP contribution in [0.1, 0.15) is 33.6 Å². The van der Waals surface area contributed by atoms with Crippen molar-refractivity contribution in [3.63, 3.8) is 0 Å². The van der Waals surface area contributed by atoms with Crippen molar-refractivity contribution in [1.82, 2.24) is 4.90 Å². The standard InChI is InChI=1S/C12H21NO4/c1-12(2,3)17-11(15)13-6-7-16-10-8(13)4-5-9(10)14/h8-10,14H,4-7H2,1-3H3/t8-,9-,10-/m1/s1. The third-order valence-corrected chi connectivity index (χ3v) is 3.19. The van der Waals surface area contributed by atoms with Gasteiger partial charge in [0.05, 0.1) is 18.8 Å². The van der Waals surface area contributed by atoms with Gasteiger partial charge < -0.3 is 19.5 Å². The quantitative estimate of drug-likeness (QED) is 0.693. The number of nitrogens with zero attached hydrogens (tertiary/aromatic N) is 1. The van der Waals surface area contributed by atoms with Gasteiger partial charge in [-0.1, -0.05) is 0 Å². The second-order valence-corrected chi connectivity index (χ2v) is 5.72. The van der Waals surface area contributed by atoms with E-state index in [0.717, 1.165) is 6.42 Å². The molecule has 3 atom stereocenters. The summed E-state index contributed by atoms with van der Waals surface area (Å²) >= 11 is 0. The highest BCUT2D eigenvalue weighted by molar-refractivity contribution is 5.69. The molecule has 2 aliphatic rings. The summed E-state index contributed by atoms with van der Waals surface area (Å²) in [6.45, 7) is 6.57. The first kappa shape index (κ1) is 12.6. The van der Waals surface area contributed by atoms with Crippen LogP contribution in [0, 0.1) is 0 Å². The Morgan fingerprint density at radius 2 is 2.12 bits per heavy atom. The largest absolute Gasteiger partial charge is 0.444 e. The van der Waals surface area contributed by atoms with Crippen molar-refractivity contribution in [2.24, 2.45) is 0 Å². The molecule has 5 heteroatoms. The van der Waals surface area contributed by atoms with E-state index in [0.29, 0.717) is 19.6 Å². The van der Waals surface area contributed by atoms with Crippen molar-refractivity contribution >= 4 is 6.09 Å². The van der Waals surface area contributed by atoms with Gasteiger partial charge >= 0.3 is 6.09 Å². The Balaban J connectivity index is 2.03. The molecule has 98 valence electrons. The van der Waals surface area contributed by atoms with Gasteiger partial charge in [0.15, 0.2) is 0 Å². The van der Waals surface area contributed by atoms with Gasteiger partial charge in [-0.05, 0) is 33.6 Å². The summed E-state index contributed by atoms with van der Waals surface area (Å²) in [6.07, 6.45) is 0.478. The molecular formula is C12H21NO4. The molecule has 0 aromatic rings. The summed E-state index contributed by atoms with van der Waals surface area (Å²) in [7, 11) is 0. The highest BCUT2D eigenvalue weighted by atomic mass is 16.6. The molecule has 0 aromatic heterocycles. The lowest BCUT2D eigenvalue weighted by atomic mass is 10.1. The molecule has 1 aliphatic carbocycles. The van der Waals surface area contributed by atoms with E-state index in [1.165, 1.54) is 0 Å². The molecule has 1 amide bonds. The van der Waals surface area contributed by atoms with Gasteiger partial charge in [0.1, 0.15) is 11.7 Å². The number of rotatable bonds is 0. The van der Waals surface area contributed by atoms with Crippen LogP contribution < -0.4 is 0 Å². The van der Waals surface area contributed by atoms with E-state index in [-0.39, 0.29) is 18.2 Å². The molecule has 0 radical (unpaired) electrons. The van der Waals surface area contributed by atoms with Crippen molar-refractivity contribution in [3.05, 3.63) is 0 Å². The topological polar surface area (TPSA) is 59.0 Å². The highest BCUT2D eigenvalue weighted by Gasteiger charge is 2.44. The first-order chi connectivity index (χ1) is 7.88. The Labute approximate surface area is 102 Å². The normalized spacial score (nSPS) is 33.4. The molecule has 0 spiro atoms. The second kappa shape index (κ2) is 4.46. The molecule has 1 heterocycles. The van der Waals surface area contributed by atoms with E-state index in [9.17, 15) is 9.90 Å². The van der Waals surface area contributed by atoms with Crippen LogP contribution in [0.15, 0.2) is 0 Å². The average molecular weight is 243 g/mol. The molecule has 1 N–H and O–H groups in total. The fourth-order valence-corrected chi connectivity index (χ4v) is 2.48. The molecule has 17 heavy (non-hydrogen) atoms. The van der Waals surface area contributed by atoms with Crippen molar-refractivity contribution in [1.29, 1.82) is 0 Å². The van der Waals surface area contributed by atoms with E-state index in [1.54, 1.807) is 4.90 Å². The summed E-state index contributed by atoms with van der Waals surface area (Å²) in [6, 6.07) is -0.0337. The molecule has 1 aliphatic heterocycles. The second-order valence-electron chi connectivity index (χ2n) is 5.72. The van der Waals surface area contributed by atoms with Crippen molar-refractivity contribution in [2.45, 2.75) is 57.5 Å².